The van der Waals surface area contributed by atoms with E-state index in [1.54, 1.807) is 0 Å². The lowest BCUT2D eigenvalue weighted by atomic mass is 9.91. The minimum Gasteiger partial charge on any atom is -0.456 e. The molecule has 0 aliphatic heterocycles. The first-order valence-electron chi connectivity index (χ1n) is 17.8. The Morgan fingerprint density at radius 1 is 0.327 bits per heavy atom. The summed E-state index contributed by atoms with van der Waals surface area (Å²) in [5, 5.41) is 7.11. The van der Waals surface area contributed by atoms with Crippen LogP contribution < -0.4 is 4.90 Å². The van der Waals surface area contributed by atoms with Crippen LogP contribution in [0.2, 0.25) is 0 Å². The fourth-order valence-electron chi connectivity index (χ4n) is 7.83. The predicted octanol–water partition coefficient (Wildman–Crippen LogP) is 14.4. The van der Waals surface area contributed by atoms with E-state index in [9.17, 15) is 0 Å². The van der Waals surface area contributed by atoms with Gasteiger partial charge in [-0.25, -0.2) is 0 Å². The van der Waals surface area contributed by atoms with Crippen LogP contribution in [-0.2, 0) is 0 Å². The lowest BCUT2D eigenvalue weighted by molar-refractivity contribution is 0.669. The second-order valence-corrected chi connectivity index (χ2v) is 13.3. The van der Waals surface area contributed by atoms with E-state index < -0.39 is 0 Å². The highest BCUT2D eigenvalue weighted by Crippen LogP contribution is 2.49. The van der Waals surface area contributed by atoms with Crippen molar-refractivity contribution in [1.29, 1.82) is 0 Å². The van der Waals surface area contributed by atoms with Crippen LogP contribution in [0.4, 0.5) is 17.1 Å². The molecule has 10 aromatic rings. The fourth-order valence-corrected chi connectivity index (χ4v) is 7.83. The van der Waals surface area contributed by atoms with Crippen LogP contribution in [0.3, 0.4) is 0 Å². The van der Waals surface area contributed by atoms with Gasteiger partial charge in [-0.3, -0.25) is 0 Å². The van der Waals surface area contributed by atoms with Crippen molar-refractivity contribution in [1.82, 2.24) is 0 Å². The molecule has 2 heteroatoms. The smallest absolute Gasteiger partial charge is 0.136 e. The van der Waals surface area contributed by atoms with E-state index in [0.29, 0.717) is 0 Å². The van der Waals surface area contributed by atoms with E-state index in [0.717, 1.165) is 61.3 Å². The number of hydrogen-bond acceptors (Lipinski definition) is 2. The molecule has 0 bridgehead atoms. The van der Waals surface area contributed by atoms with Gasteiger partial charge in [-0.2, -0.15) is 0 Å². The molecule has 244 valence electrons. The van der Waals surface area contributed by atoms with E-state index >= 15 is 0 Å². The van der Waals surface area contributed by atoms with Crippen molar-refractivity contribution in [2.75, 3.05) is 4.90 Å². The van der Waals surface area contributed by atoms with Crippen LogP contribution in [0.1, 0.15) is 0 Å². The number of benzene rings is 9. The van der Waals surface area contributed by atoms with Gasteiger partial charge in [0.05, 0.1) is 11.4 Å². The standard InChI is InChI=1S/C50H33NO/c1-3-14-34(15-4-1)35-26-29-39(30-27-35)51(47-32-37-18-7-8-19-40(37)42-20-9-10-21-43(42)47)46-24-13-23-41(36-16-5-2-6-17-36)50(46)38-28-31-45-44-22-11-12-25-48(44)52-49(45)33-38/h1-33H. The highest BCUT2D eigenvalue weighted by molar-refractivity contribution is 6.15. The molecule has 10 rings (SSSR count). The second-order valence-electron chi connectivity index (χ2n) is 13.3. The molecule has 9 aromatic carbocycles. The number of furan rings is 1. The fraction of sp³-hybridized carbons (Fsp3) is 0. The van der Waals surface area contributed by atoms with Gasteiger partial charge >= 0.3 is 0 Å². The molecule has 52 heavy (non-hydrogen) atoms. The quantitative estimate of drug-likeness (QED) is 0.165. The van der Waals surface area contributed by atoms with E-state index in [4.69, 9.17) is 4.42 Å². The highest BCUT2D eigenvalue weighted by Gasteiger charge is 2.23. The van der Waals surface area contributed by atoms with E-state index in [-0.39, 0.29) is 0 Å². The topological polar surface area (TPSA) is 16.4 Å². The summed E-state index contributed by atoms with van der Waals surface area (Å²) in [5.41, 5.74) is 12.0. The molecule has 0 unspecified atom stereocenters. The molecule has 0 saturated heterocycles. The normalized spacial score (nSPS) is 11.5. The van der Waals surface area contributed by atoms with Crippen molar-refractivity contribution in [2.24, 2.45) is 0 Å². The van der Waals surface area contributed by atoms with Gasteiger partial charge in [0.15, 0.2) is 0 Å². The first-order valence-corrected chi connectivity index (χ1v) is 17.8. The summed E-state index contributed by atoms with van der Waals surface area (Å²) in [7, 11) is 0. The lowest BCUT2D eigenvalue weighted by Crippen LogP contribution is -2.12. The number of fused-ring (bicyclic) bond motifs is 6. The molecular weight excluding hydrogens is 631 g/mol. The Morgan fingerprint density at radius 3 is 1.71 bits per heavy atom. The molecule has 0 N–H and O–H groups in total. The predicted molar refractivity (Wildman–Crippen MR) is 220 cm³/mol. The Bertz CT molecular complexity index is 2890. The zero-order valence-electron chi connectivity index (χ0n) is 28.4. The van der Waals surface area contributed by atoms with Crippen molar-refractivity contribution >= 4 is 60.5 Å². The van der Waals surface area contributed by atoms with Gasteiger partial charge in [0.1, 0.15) is 11.2 Å². The minimum absolute atomic E-state index is 0.877. The summed E-state index contributed by atoms with van der Waals surface area (Å²) in [6.45, 7) is 0. The maximum Gasteiger partial charge on any atom is 0.136 e. The first-order chi connectivity index (χ1) is 25.8. The van der Waals surface area contributed by atoms with E-state index in [2.05, 4.69) is 193 Å². The molecule has 1 heterocycles. The number of anilines is 3. The number of nitrogens with zero attached hydrogens (tertiary/aromatic N) is 1. The van der Waals surface area contributed by atoms with Crippen molar-refractivity contribution in [3.63, 3.8) is 0 Å². The van der Waals surface area contributed by atoms with Crippen LogP contribution in [0.5, 0.6) is 0 Å². The maximum atomic E-state index is 6.48. The molecular formula is C50H33NO. The molecule has 0 spiro atoms. The molecule has 1 aromatic heterocycles. The average molecular weight is 664 g/mol. The molecule has 0 amide bonds. The van der Waals surface area contributed by atoms with Crippen molar-refractivity contribution < 1.29 is 4.42 Å². The van der Waals surface area contributed by atoms with Crippen molar-refractivity contribution in [2.45, 2.75) is 0 Å². The van der Waals surface area contributed by atoms with Crippen molar-refractivity contribution in [3.05, 3.63) is 200 Å². The minimum atomic E-state index is 0.877. The highest BCUT2D eigenvalue weighted by atomic mass is 16.3. The maximum absolute atomic E-state index is 6.48. The molecule has 2 nitrogen and oxygen atoms in total. The monoisotopic (exact) mass is 663 g/mol. The molecule has 0 aliphatic rings. The Balaban J connectivity index is 1.28. The van der Waals surface area contributed by atoms with Crippen molar-refractivity contribution in [3.8, 4) is 33.4 Å². The molecule has 0 aliphatic carbocycles. The molecule has 0 saturated carbocycles. The second kappa shape index (κ2) is 12.5. The Hall–Kier alpha value is -6.90. The van der Waals surface area contributed by atoms with Crippen LogP contribution in [0.15, 0.2) is 205 Å². The third-order valence-corrected chi connectivity index (χ3v) is 10.3. The van der Waals surface area contributed by atoms with Crippen LogP contribution >= 0.6 is 0 Å². The molecule has 0 fully saturated rings. The van der Waals surface area contributed by atoms with Gasteiger partial charge < -0.3 is 9.32 Å². The van der Waals surface area contributed by atoms with E-state index in [1.807, 2.05) is 12.1 Å². The van der Waals surface area contributed by atoms with Gasteiger partial charge in [-0.1, -0.05) is 158 Å². The number of para-hydroxylation sites is 1. The summed E-state index contributed by atoms with van der Waals surface area (Å²) in [5.74, 6) is 0. The van der Waals surface area contributed by atoms with E-state index in [1.165, 1.54) is 32.7 Å². The third-order valence-electron chi connectivity index (χ3n) is 10.3. The first kappa shape index (κ1) is 30.0. The van der Waals surface area contributed by atoms with Gasteiger partial charge in [0.2, 0.25) is 0 Å². The third kappa shape index (κ3) is 5.04. The number of hydrogen-bond donors (Lipinski definition) is 0. The van der Waals surface area contributed by atoms with Gasteiger partial charge in [-0.15, -0.1) is 0 Å². The molecule has 0 radical (unpaired) electrons. The average Bonchev–Trinajstić information content (AvgIpc) is 3.60. The Morgan fingerprint density at radius 2 is 0.923 bits per heavy atom. The van der Waals surface area contributed by atoms with Crippen LogP contribution in [0.25, 0.3) is 76.9 Å². The van der Waals surface area contributed by atoms with Gasteiger partial charge in [0, 0.05) is 27.4 Å². The van der Waals surface area contributed by atoms with Crippen LogP contribution in [0, 0.1) is 0 Å². The lowest BCUT2D eigenvalue weighted by Gasteiger charge is -2.31. The largest absolute Gasteiger partial charge is 0.456 e. The summed E-state index contributed by atoms with van der Waals surface area (Å²) in [4.78, 5) is 2.45. The molecule has 0 atom stereocenters. The summed E-state index contributed by atoms with van der Waals surface area (Å²) < 4.78 is 6.48. The Kier molecular flexibility index (Phi) is 7.18. The van der Waals surface area contributed by atoms with Crippen LogP contribution in [-0.4, -0.2) is 0 Å². The summed E-state index contributed by atoms with van der Waals surface area (Å²) in [6, 6.07) is 71.8. The number of rotatable bonds is 6. The SMILES string of the molecule is c1ccc(-c2ccc(N(c3cccc(-c4ccccc4)c3-c3ccc4c(c3)oc3ccccc34)c3cc4ccccc4c4ccccc34)cc2)cc1. The van der Waals surface area contributed by atoms with Gasteiger partial charge in [0.25, 0.3) is 0 Å². The zero-order chi connectivity index (χ0) is 34.4. The Labute approximate surface area is 302 Å². The summed E-state index contributed by atoms with van der Waals surface area (Å²) >= 11 is 0. The van der Waals surface area contributed by atoms with Gasteiger partial charge in [-0.05, 0) is 86.4 Å². The summed E-state index contributed by atoms with van der Waals surface area (Å²) in [6.07, 6.45) is 0. The zero-order valence-corrected chi connectivity index (χ0v) is 28.4.